The smallest absolute Gasteiger partial charge is 0.243 e. The van der Waals surface area contributed by atoms with E-state index in [-0.39, 0.29) is 11.3 Å². The first kappa shape index (κ1) is 14.5. The molecular weight excluding hydrogens is 280 g/mol. The lowest BCUT2D eigenvalue weighted by atomic mass is 10.2. The van der Waals surface area contributed by atoms with E-state index in [4.69, 9.17) is 5.73 Å². The molecule has 8 heteroatoms. The summed E-state index contributed by atoms with van der Waals surface area (Å²) in [5.41, 5.74) is 6.43. The summed E-state index contributed by atoms with van der Waals surface area (Å²) in [5, 5.41) is 0. The summed E-state index contributed by atoms with van der Waals surface area (Å²) in [6.45, 7) is 1.64. The van der Waals surface area contributed by atoms with Crippen LogP contribution in [0.1, 0.15) is 13.3 Å². The molecule has 1 aromatic heterocycles. The van der Waals surface area contributed by atoms with Crippen LogP contribution in [0.3, 0.4) is 0 Å². The van der Waals surface area contributed by atoms with Crippen molar-refractivity contribution < 1.29 is 13.2 Å². The third kappa shape index (κ3) is 2.66. The van der Waals surface area contributed by atoms with E-state index in [1.54, 1.807) is 13.0 Å². The van der Waals surface area contributed by atoms with Crippen molar-refractivity contribution in [1.29, 1.82) is 0 Å². The average molecular weight is 296 g/mol. The molecule has 20 heavy (non-hydrogen) atoms. The van der Waals surface area contributed by atoms with Gasteiger partial charge in [-0.2, -0.15) is 4.31 Å². The molecule has 1 amide bonds. The maximum absolute atomic E-state index is 12.5. The van der Waals surface area contributed by atoms with Gasteiger partial charge in [-0.05, 0) is 25.1 Å². The third-order valence-corrected chi connectivity index (χ3v) is 5.15. The molecule has 0 aliphatic heterocycles. The van der Waals surface area contributed by atoms with Crippen LogP contribution in [-0.4, -0.2) is 41.7 Å². The van der Waals surface area contributed by atoms with Crippen molar-refractivity contribution in [2.24, 2.45) is 5.73 Å². The van der Waals surface area contributed by atoms with Crippen molar-refractivity contribution in [3.05, 3.63) is 24.5 Å². The summed E-state index contributed by atoms with van der Waals surface area (Å²) in [7, 11) is -2.24. The van der Waals surface area contributed by atoms with Gasteiger partial charge in [0.25, 0.3) is 0 Å². The molecule has 0 saturated heterocycles. The maximum Gasteiger partial charge on any atom is 0.243 e. The molecule has 108 valence electrons. The zero-order valence-electron chi connectivity index (χ0n) is 11.2. The molecule has 0 bridgehead atoms. The monoisotopic (exact) mass is 296 g/mol. The highest BCUT2D eigenvalue weighted by Crippen LogP contribution is 2.21. The van der Waals surface area contributed by atoms with Gasteiger partial charge < -0.3 is 10.7 Å². The number of fused-ring (bicyclic) bond motifs is 1. The van der Waals surface area contributed by atoms with Crippen LogP contribution in [0.4, 0.5) is 0 Å². The minimum absolute atomic E-state index is 0.0258. The Morgan fingerprint density at radius 3 is 2.85 bits per heavy atom. The van der Waals surface area contributed by atoms with Crippen molar-refractivity contribution in [2.45, 2.75) is 24.3 Å². The van der Waals surface area contributed by atoms with Gasteiger partial charge >= 0.3 is 0 Å². The summed E-state index contributed by atoms with van der Waals surface area (Å²) in [4.78, 5) is 18.0. The molecule has 0 fully saturated rings. The predicted molar refractivity (Wildman–Crippen MR) is 74.3 cm³/mol. The summed E-state index contributed by atoms with van der Waals surface area (Å²) in [5.74, 6) is -0.538. The van der Waals surface area contributed by atoms with E-state index in [2.05, 4.69) is 9.97 Å². The van der Waals surface area contributed by atoms with Crippen LogP contribution in [0.25, 0.3) is 11.0 Å². The number of primary amides is 1. The van der Waals surface area contributed by atoms with Gasteiger partial charge in [0.2, 0.25) is 15.9 Å². The van der Waals surface area contributed by atoms with E-state index in [9.17, 15) is 13.2 Å². The van der Waals surface area contributed by atoms with Gasteiger partial charge in [-0.25, -0.2) is 13.4 Å². The van der Waals surface area contributed by atoms with Crippen LogP contribution in [-0.2, 0) is 14.8 Å². The van der Waals surface area contributed by atoms with E-state index in [0.717, 1.165) is 4.31 Å². The lowest BCUT2D eigenvalue weighted by Gasteiger charge is -2.23. The number of nitrogens with one attached hydrogen (secondary N) is 1. The molecule has 3 N–H and O–H groups in total. The number of sulfonamides is 1. The fourth-order valence-electron chi connectivity index (χ4n) is 1.90. The Bertz CT molecular complexity index is 738. The Morgan fingerprint density at radius 1 is 1.50 bits per heavy atom. The van der Waals surface area contributed by atoms with Gasteiger partial charge in [0.1, 0.15) is 0 Å². The number of hydrogen-bond donors (Lipinski definition) is 2. The van der Waals surface area contributed by atoms with Crippen molar-refractivity contribution in [2.75, 3.05) is 7.05 Å². The SMILES string of the molecule is CC(CC(N)=O)N(C)S(=O)(=O)c1ccc2nc[nH]c2c1. The van der Waals surface area contributed by atoms with Gasteiger partial charge in [-0.3, -0.25) is 4.79 Å². The van der Waals surface area contributed by atoms with E-state index in [1.165, 1.54) is 25.5 Å². The second kappa shape index (κ2) is 5.22. The molecule has 0 saturated carbocycles. The molecule has 1 aromatic carbocycles. The van der Waals surface area contributed by atoms with Crippen LogP contribution in [0, 0.1) is 0 Å². The summed E-state index contributed by atoms with van der Waals surface area (Å²) < 4.78 is 26.1. The molecule has 0 aliphatic carbocycles. The Hall–Kier alpha value is -1.93. The number of amides is 1. The number of aromatic amines is 1. The molecule has 0 spiro atoms. The zero-order chi connectivity index (χ0) is 14.9. The number of rotatable bonds is 5. The second-order valence-corrected chi connectivity index (χ2v) is 6.62. The zero-order valence-corrected chi connectivity index (χ0v) is 12.0. The lowest BCUT2D eigenvalue weighted by Crippen LogP contribution is -2.37. The summed E-state index contributed by atoms with van der Waals surface area (Å²) in [6.07, 6.45) is 1.47. The molecule has 2 aromatic rings. The van der Waals surface area contributed by atoms with E-state index >= 15 is 0 Å². The van der Waals surface area contributed by atoms with Crippen molar-refractivity contribution in [3.63, 3.8) is 0 Å². The van der Waals surface area contributed by atoms with Crippen LogP contribution in [0.15, 0.2) is 29.4 Å². The molecule has 1 atom stereocenters. The van der Waals surface area contributed by atoms with Gasteiger partial charge in [0, 0.05) is 19.5 Å². The molecule has 7 nitrogen and oxygen atoms in total. The predicted octanol–water partition coefficient (Wildman–Crippen LogP) is 0.447. The lowest BCUT2D eigenvalue weighted by molar-refractivity contribution is -0.118. The molecular formula is C12H16N4O3S. The van der Waals surface area contributed by atoms with E-state index in [0.29, 0.717) is 11.0 Å². The number of benzene rings is 1. The summed E-state index contributed by atoms with van der Waals surface area (Å²) >= 11 is 0. The number of carbonyl (C=O) groups is 1. The van der Waals surface area contributed by atoms with Crippen LogP contribution >= 0.6 is 0 Å². The van der Waals surface area contributed by atoms with Crippen molar-refractivity contribution in [1.82, 2.24) is 14.3 Å². The Kier molecular flexibility index (Phi) is 3.78. The fourth-order valence-corrected chi connectivity index (χ4v) is 3.29. The molecule has 0 radical (unpaired) electrons. The van der Waals surface area contributed by atoms with Crippen LogP contribution in [0.2, 0.25) is 0 Å². The Balaban J connectivity index is 2.35. The van der Waals surface area contributed by atoms with Gasteiger partial charge in [0.15, 0.2) is 0 Å². The Labute approximate surface area is 116 Å². The van der Waals surface area contributed by atoms with Gasteiger partial charge in [-0.15, -0.1) is 0 Å². The number of imidazole rings is 1. The van der Waals surface area contributed by atoms with Crippen molar-refractivity contribution >= 4 is 27.0 Å². The number of carbonyl (C=O) groups excluding carboxylic acids is 1. The highest BCUT2D eigenvalue weighted by atomic mass is 32.2. The van der Waals surface area contributed by atoms with Crippen LogP contribution < -0.4 is 5.73 Å². The highest BCUT2D eigenvalue weighted by Gasteiger charge is 2.26. The second-order valence-electron chi connectivity index (χ2n) is 4.62. The number of nitrogens with two attached hydrogens (primary N) is 1. The number of hydrogen-bond acceptors (Lipinski definition) is 4. The standard InChI is InChI=1S/C12H16N4O3S/c1-8(5-12(13)17)16(2)20(18,19)9-3-4-10-11(6-9)15-7-14-10/h3-4,6-8H,5H2,1-2H3,(H2,13,17)(H,14,15). The maximum atomic E-state index is 12.5. The minimum Gasteiger partial charge on any atom is -0.370 e. The largest absolute Gasteiger partial charge is 0.370 e. The highest BCUT2D eigenvalue weighted by molar-refractivity contribution is 7.89. The average Bonchev–Trinajstić information content (AvgIpc) is 2.83. The molecule has 1 heterocycles. The first-order valence-corrected chi connectivity index (χ1v) is 7.46. The Morgan fingerprint density at radius 2 is 2.20 bits per heavy atom. The van der Waals surface area contributed by atoms with E-state index < -0.39 is 22.0 Å². The van der Waals surface area contributed by atoms with Crippen LogP contribution in [0.5, 0.6) is 0 Å². The molecule has 0 aliphatic rings. The topological polar surface area (TPSA) is 109 Å². The number of H-pyrrole nitrogens is 1. The summed E-state index contributed by atoms with van der Waals surface area (Å²) in [6, 6.07) is 4.14. The molecule has 2 rings (SSSR count). The van der Waals surface area contributed by atoms with Gasteiger partial charge in [0.05, 0.1) is 22.3 Å². The fraction of sp³-hybridized carbons (Fsp3) is 0.333. The molecule has 1 unspecified atom stereocenters. The number of aromatic nitrogens is 2. The quantitative estimate of drug-likeness (QED) is 0.834. The van der Waals surface area contributed by atoms with E-state index in [1.807, 2.05) is 0 Å². The van der Waals surface area contributed by atoms with Gasteiger partial charge in [-0.1, -0.05) is 0 Å². The van der Waals surface area contributed by atoms with Crippen molar-refractivity contribution in [3.8, 4) is 0 Å². The number of nitrogens with zero attached hydrogens (tertiary/aromatic N) is 2. The minimum atomic E-state index is -3.68. The third-order valence-electron chi connectivity index (χ3n) is 3.19. The normalized spacial score (nSPS) is 13.8. The first-order valence-electron chi connectivity index (χ1n) is 6.02. The first-order chi connectivity index (χ1) is 9.32.